The van der Waals surface area contributed by atoms with Crippen LogP contribution in [-0.2, 0) is 0 Å². The fourth-order valence-electron chi connectivity index (χ4n) is 2.87. The Morgan fingerprint density at radius 3 is 1.58 bits per heavy atom. The molecule has 24 heavy (non-hydrogen) atoms. The number of benzene rings is 3. The van der Waals surface area contributed by atoms with Gasteiger partial charge < -0.3 is 14.6 Å². The molecule has 0 aliphatic rings. The second-order valence-electron chi connectivity index (χ2n) is 5.57. The van der Waals surface area contributed by atoms with Crippen LogP contribution in [0.3, 0.4) is 0 Å². The van der Waals surface area contributed by atoms with Gasteiger partial charge in [0.2, 0.25) is 0 Å². The highest BCUT2D eigenvalue weighted by molar-refractivity contribution is 5.47. The van der Waals surface area contributed by atoms with Crippen molar-refractivity contribution in [3.63, 3.8) is 0 Å². The van der Waals surface area contributed by atoms with Crippen LogP contribution in [0.25, 0.3) is 0 Å². The van der Waals surface area contributed by atoms with Crippen LogP contribution in [-0.4, -0.2) is 19.3 Å². The predicted octanol–water partition coefficient (Wildman–Crippen LogP) is 4.59. The molecule has 3 aromatic carbocycles. The molecule has 0 spiro atoms. The SMILES string of the molecule is COc1ccc(C(c2ccc(OC)cc2)c2cccc(O)c2)cc1. The van der Waals surface area contributed by atoms with Crippen LogP contribution in [0, 0.1) is 0 Å². The van der Waals surface area contributed by atoms with Gasteiger partial charge in [-0.2, -0.15) is 0 Å². The summed E-state index contributed by atoms with van der Waals surface area (Å²) in [7, 11) is 3.32. The molecule has 0 atom stereocenters. The summed E-state index contributed by atoms with van der Waals surface area (Å²) in [6, 6.07) is 23.4. The highest BCUT2D eigenvalue weighted by Gasteiger charge is 2.17. The third-order valence-corrected chi connectivity index (χ3v) is 4.10. The van der Waals surface area contributed by atoms with E-state index in [1.165, 1.54) is 0 Å². The number of methoxy groups -OCH3 is 2. The molecule has 0 bridgehead atoms. The van der Waals surface area contributed by atoms with Crippen molar-refractivity contribution in [1.29, 1.82) is 0 Å². The summed E-state index contributed by atoms with van der Waals surface area (Å²) in [5.74, 6) is 1.93. The van der Waals surface area contributed by atoms with Crippen molar-refractivity contribution in [3.8, 4) is 17.2 Å². The number of phenolic OH excluding ortho intramolecular Hbond substituents is 1. The second-order valence-corrected chi connectivity index (χ2v) is 5.57. The van der Waals surface area contributed by atoms with Crippen molar-refractivity contribution in [1.82, 2.24) is 0 Å². The Kier molecular flexibility index (Phi) is 4.71. The lowest BCUT2D eigenvalue weighted by atomic mass is 9.85. The molecule has 0 fully saturated rings. The van der Waals surface area contributed by atoms with E-state index >= 15 is 0 Å². The monoisotopic (exact) mass is 320 g/mol. The average Bonchev–Trinajstić information content (AvgIpc) is 2.63. The quantitative estimate of drug-likeness (QED) is 0.699. The molecule has 3 aromatic rings. The molecular formula is C21H20O3. The molecule has 3 nitrogen and oxygen atoms in total. The fraction of sp³-hybridized carbons (Fsp3) is 0.143. The summed E-state index contributed by atoms with van der Waals surface area (Å²) >= 11 is 0. The van der Waals surface area contributed by atoms with Crippen molar-refractivity contribution < 1.29 is 14.6 Å². The molecule has 0 saturated heterocycles. The molecule has 0 unspecified atom stereocenters. The van der Waals surface area contributed by atoms with Crippen molar-refractivity contribution >= 4 is 0 Å². The van der Waals surface area contributed by atoms with E-state index in [4.69, 9.17) is 9.47 Å². The third kappa shape index (κ3) is 3.35. The van der Waals surface area contributed by atoms with E-state index in [0.29, 0.717) is 0 Å². The molecule has 0 amide bonds. The molecule has 3 rings (SSSR count). The Bertz CT molecular complexity index is 745. The van der Waals surface area contributed by atoms with Gasteiger partial charge >= 0.3 is 0 Å². The molecule has 0 aliphatic heterocycles. The van der Waals surface area contributed by atoms with Gasteiger partial charge in [0.15, 0.2) is 0 Å². The summed E-state index contributed by atoms with van der Waals surface area (Å²) in [6.45, 7) is 0. The minimum Gasteiger partial charge on any atom is -0.508 e. The average molecular weight is 320 g/mol. The van der Waals surface area contributed by atoms with E-state index < -0.39 is 0 Å². The van der Waals surface area contributed by atoms with Gasteiger partial charge in [-0.1, -0.05) is 36.4 Å². The lowest BCUT2D eigenvalue weighted by Gasteiger charge is -2.19. The largest absolute Gasteiger partial charge is 0.508 e. The first kappa shape index (κ1) is 15.9. The van der Waals surface area contributed by atoms with Gasteiger partial charge in [-0.25, -0.2) is 0 Å². The summed E-state index contributed by atoms with van der Waals surface area (Å²) in [4.78, 5) is 0. The highest BCUT2D eigenvalue weighted by atomic mass is 16.5. The zero-order valence-corrected chi connectivity index (χ0v) is 13.8. The van der Waals surface area contributed by atoms with Crippen LogP contribution >= 0.6 is 0 Å². The predicted molar refractivity (Wildman–Crippen MR) is 95.0 cm³/mol. The summed E-state index contributed by atoms with van der Waals surface area (Å²) in [6.07, 6.45) is 0. The fourth-order valence-corrected chi connectivity index (χ4v) is 2.87. The van der Waals surface area contributed by atoms with Gasteiger partial charge in [-0.15, -0.1) is 0 Å². The Morgan fingerprint density at radius 1 is 0.667 bits per heavy atom. The molecule has 3 heteroatoms. The molecule has 0 radical (unpaired) electrons. The smallest absolute Gasteiger partial charge is 0.118 e. The molecule has 0 aromatic heterocycles. The van der Waals surface area contributed by atoms with E-state index in [0.717, 1.165) is 28.2 Å². The van der Waals surface area contributed by atoms with Crippen LogP contribution in [0.4, 0.5) is 0 Å². The first-order valence-electron chi connectivity index (χ1n) is 7.78. The second kappa shape index (κ2) is 7.09. The van der Waals surface area contributed by atoms with Gasteiger partial charge in [-0.3, -0.25) is 0 Å². The normalized spacial score (nSPS) is 10.6. The van der Waals surface area contributed by atoms with Gasteiger partial charge in [0.25, 0.3) is 0 Å². The summed E-state index contributed by atoms with van der Waals surface area (Å²) in [5, 5.41) is 9.88. The maximum atomic E-state index is 9.88. The first-order chi connectivity index (χ1) is 11.7. The molecule has 0 heterocycles. The van der Waals surface area contributed by atoms with E-state index in [1.54, 1.807) is 26.4 Å². The van der Waals surface area contributed by atoms with Crippen molar-refractivity contribution in [3.05, 3.63) is 89.5 Å². The highest BCUT2D eigenvalue weighted by Crippen LogP contribution is 2.34. The minimum absolute atomic E-state index is 0.0221. The number of rotatable bonds is 5. The van der Waals surface area contributed by atoms with Crippen LogP contribution in [0.15, 0.2) is 72.8 Å². The van der Waals surface area contributed by atoms with E-state index in [-0.39, 0.29) is 11.7 Å². The van der Waals surface area contributed by atoms with Crippen LogP contribution < -0.4 is 9.47 Å². The summed E-state index contributed by atoms with van der Waals surface area (Å²) in [5.41, 5.74) is 3.29. The Balaban J connectivity index is 2.08. The summed E-state index contributed by atoms with van der Waals surface area (Å²) < 4.78 is 10.5. The Labute approximate surface area is 142 Å². The van der Waals surface area contributed by atoms with Gasteiger partial charge in [0, 0.05) is 5.92 Å². The molecule has 0 aliphatic carbocycles. The van der Waals surface area contributed by atoms with Crippen LogP contribution in [0.2, 0.25) is 0 Å². The lowest BCUT2D eigenvalue weighted by Crippen LogP contribution is -2.03. The van der Waals surface area contributed by atoms with Gasteiger partial charge in [0.1, 0.15) is 17.2 Å². The van der Waals surface area contributed by atoms with Crippen molar-refractivity contribution in [2.75, 3.05) is 14.2 Å². The Morgan fingerprint density at radius 2 is 1.17 bits per heavy atom. The van der Waals surface area contributed by atoms with Crippen LogP contribution in [0.1, 0.15) is 22.6 Å². The number of hydrogen-bond acceptors (Lipinski definition) is 3. The van der Waals surface area contributed by atoms with Crippen molar-refractivity contribution in [2.45, 2.75) is 5.92 Å². The minimum atomic E-state index is 0.0221. The zero-order chi connectivity index (χ0) is 16.9. The Hall–Kier alpha value is -2.94. The first-order valence-corrected chi connectivity index (χ1v) is 7.78. The number of ether oxygens (including phenoxy) is 2. The maximum absolute atomic E-state index is 9.88. The van der Waals surface area contributed by atoms with E-state index in [9.17, 15) is 5.11 Å². The van der Waals surface area contributed by atoms with E-state index in [2.05, 4.69) is 24.3 Å². The zero-order valence-electron chi connectivity index (χ0n) is 13.8. The lowest BCUT2D eigenvalue weighted by molar-refractivity contribution is 0.414. The molecule has 0 saturated carbocycles. The molecule has 122 valence electrons. The number of phenols is 1. The third-order valence-electron chi connectivity index (χ3n) is 4.10. The number of aromatic hydroxyl groups is 1. The number of hydrogen-bond donors (Lipinski definition) is 1. The van der Waals surface area contributed by atoms with E-state index in [1.807, 2.05) is 36.4 Å². The van der Waals surface area contributed by atoms with Crippen molar-refractivity contribution in [2.24, 2.45) is 0 Å². The van der Waals surface area contributed by atoms with Gasteiger partial charge in [0.05, 0.1) is 14.2 Å². The standard InChI is InChI=1S/C21H20O3/c1-23-19-10-6-15(7-11-19)21(17-4-3-5-18(22)14-17)16-8-12-20(24-2)13-9-16/h3-14,21-22H,1-2H3. The molecular weight excluding hydrogens is 300 g/mol. The maximum Gasteiger partial charge on any atom is 0.118 e. The topological polar surface area (TPSA) is 38.7 Å². The van der Waals surface area contributed by atoms with Crippen LogP contribution in [0.5, 0.6) is 17.2 Å². The van der Waals surface area contributed by atoms with Gasteiger partial charge in [-0.05, 0) is 53.1 Å². The molecule has 1 N–H and O–H groups in total.